The number of ether oxygens (including phenoxy) is 2. The van der Waals surface area contributed by atoms with Gasteiger partial charge in [-0.3, -0.25) is 9.59 Å². The molecule has 0 saturated carbocycles. The highest BCUT2D eigenvalue weighted by molar-refractivity contribution is 5.95. The Morgan fingerprint density at radius 3 is 2.46 bits per heavy atom. The molecule has 0 bridgehead atoms. The lowest BCUT2D eigenvalue weighted by atomic mass is 10.1. The average Bonchev–Trinajstić information content (AvgIpc) is 2.66. The second-order valence-corrected chi connectivity index (χ2v) is 5.72. The molecule has 2 aromatic rings. The maximum atomic E-state index is 13.6. The van der Waals surface area contributed by atoms with Gasteiger partial charge in [-0.1, -0.05) is 12.1 Å². The van der Waals surface area contributed by atoms with E-state index < -0.39 is 47.7 Å². The largest absolute Gasteiger partial charge is 0.482 e. The van der Waals surface area contributed by atoms with Crippen molar-refractivity contribution in [2.45, 2.75) is 20.0 Å². The number of amides is 1. The fourth-order valence-corrected chi connectivity index (χ4v) is 2.09. The summed E-state index contributed by atoms with van der Waals surface area (Å²) in [6.07, 6.45) is -1.35. The van der Waals surface area contributed by atoms with Crippen LogP contribution in [0.1, 0.15) is 24.2 Å². The number of carbonyl (C=O) groups excluding carboxylic acids is 3. The standard InChI is InChI=1S/C19H16F3NO5/c1-10(24)12-4-3-5-13(8-12)27-9-16(25)28-11(2)19(26)23-15-7-6-14(20)17(21)18(15)22/h3-8,11H,9H2,1-2H3,(H,23,26)/t11-/m1/s1. The minimum atomic E-state index is -1.73. The van der Waals surface area contributed by atoms with Crippen molar-refractivity contribution in [3.05, 3.63) is 59.4 Å². The number of rotatable bonds is 7. The van der Waals surface area contributed by atoms with E-state index in [0.717, 1.165) is 6.07 Å². The third-order valence-electron chi connectivity index (χ3n) is 3.57. The summed E-state index contributed by atoms with van der Waals surface area (Å²) in [5, 5.41) is 2.00. The molecule has 2 rings (SSSR count). The van der Waals surface area contributed by atoms with Gasteiger partial charge in [-0.25, -0.2) is 18.0 Å². The third kappa shape index (κ3) is 5.32. The zero-order valence-electron chi connectivity index (χ0n) is 14.9. The number of hydrogen-bond acceptors (Lipinski definition) is 5. The second-order valence-electron chi connectivity index (χ2n) is 5.72. The number of carbonyl (C=O) groups is 3. The Hall–Kier alpha value is -3.36. The number of halogens is 3. The molecule has 28 heavy (non-hydrogen) atoms. The molecule has 2 aromatic carbocycles. The predicted molar refractivity (Wildman–Crippen MR) is 92.4 cm³/mol. The molecule has 0 saturated heterocycles. The Morgan fingerprint density at radius 1 is 1.07 bits per heavy atom. The molecule has 0 radical (unpaired) electrons. The van der Waals surface area contributed by atoms with Crippen molar-refractivity contribution in [1.29, 1.82) is 0 Å². The molecule has 1 amide bonds. The monoisotopic (exact) mass is 395 g/mol. The number of ketones is 1. The predicted octanol–water partition coefficient (Wildman–Crippen LogP) is 3.26. The van der Waals surface area contributed by atoms with E-state index in [1.165, 1.54) is 26.0 Å². The van der Waals surface area contributed by atoms with E-state index in [1.807, 2.05) is 5.32 Å². The Morgan fingerprint density at radius 2 is 1.79 bits per heavy atom. The number of nitrogens with one attached hydrogen (secondary N) is 1. The summed E-state index contributed by atoms with van der Waals surface area (Å²) in [5.41, 5.74) is -0.198. The summed E-state index contributed by atoms with van der Waals surface area (Å²) >= 11 is 0. The number of hydrogen-bond donors (Lipinski definition) is 1. The highest BCUT2D eigenvalue weighted by Gasteiger charge is 2.21. The van der Waals surface area contributed by atoms with E-state index in [2.05, 4.69) is 0 Å². The molecule has 0 unspecified atom stereocenters. The summed E-state index contributed by atoms with van der Waals surface area (Å²) in [6, 6.07) is 7.61. The number of benzene rings is 2. The fraction of sp³-hybridized carbons (Fsp3) is 0.211. The molecule has 9 heteroatoms. The van der Waals surface area contributed by atoms with E-state index in [9.17, 15) is 27.6 Å². The quantitative estimate of drug-likeness (QED) is 0.442. The van der Waals surface area contributed by atoms with E-state index in [0.29, 0.717) is 11.6 Å². The molecule has 1 N–H and O–H groups in total. The van der Waals surface area contributed by atoms with Crippen molar-refractivity contribution >= 4 is 23.3 Å². The van der Waals surface area contributed by atoms with Crippen molar-refractivity contribution in [2.75, 3.05) is 11.9 Å². The van der Waals surface area contributed by atoms with Gasteiger partial charge in [0.05, 0.1) is 5.69 Å². The molecule has 0 aliphatic heterocycles. The molecule has 0 heterocycles. The zero-order valence-corrected chi connectivity index (χ0v) is 14.9. The smallest absolute Gasteiger partial charge is 0.344 e. The van der Waals surface area contributed by atoms with E-state index in [1.54, 1.807) is 12.1 Å². The van der Waals surface area contributed by atoms with Gasteiger partial charge in [-0.05, 0) is 38.1 Å². The van der Waals surface area contributed by atoms with Crippen LogP contribution in [-0.4, -0.2) is 30.4 Å². The lowest BCUT2D eigenvalue weighted by molar-refractivity contribution is -0.155. The minimum Gasteiger partial charge on any atom is -0.482 e. The first-order valence-corrected chi connectivity index (χ1v) is 8.06. The van der Waals surface area contributed by atoms with Crippen molar-refractivity contribution in [3.8, 4) is 5.75 Å². The Labute approximate surface area is 158 Å². The van der Waals surface area contributed by atoms with Gasteiger partial charge >= 0.3 is 5.97 Å². The maximum Gasteiger partial charge on any atom is 0.344 e. The summed E-state index contributed by atoms with van der Waals surface area (Å²) in [6.45, 7) is 2.05. The molecule has 148 valence electrons. The summed E-state index contributed by atoms with van der Waals surface area (Å²) in [7, 11) is 0. The third-order valence-corrected chi connectivity index (χ3v) is 3.57. The van der Waals surface area contributed by atoms with E-state index >= 15 is 0 Å². The van der Waals surface area contributed by atoms with Crippen LogP contribution in [0.3, 0.4) is 0 Å². The van der Waals surface area contributed by atoms with Gasteiger partial charge in [-0.15, -0.1) is 0 Å². The molecular weight excluding hydrogens is 379 g/mol. The molecule has 0 aliphatic rings. The lowest BCUT2D eigenvalue weighted by Gasteiger charge is -2.14. The van der Waals surface area contributed by atoms with Gasteiger partial charge in [0.2, 0.25) is 0 Å². The van der Waals surface area contributed by atoms with Crippen LogP contribution in [0, 0.1) is 17.5 Å². The van der Waals surface area contributed by atoms with Gasteiger partial charge in [0.25, 0.3) is 5.91 Å². The van der Waals surface area contributed by atoms with Crippen LogP contribution in [0.15, 0.2) is 36.4 Å². The Bertz CT molecular complexity index is 916. The van der Waals surface area contributed by atoms with Gasteiger partial charge in [0.15, 0.2) is 35.9 Å². The molecule has 0 spiro atoms. The number of esters is 1. The first kappa shape index (κ1) is 20.9. The highest BCUT2D eigenvalue weighted by atomic mass is 19.2. The molecular formula is C19H16F3NO5. The Kier molecular flexibility index (Phi) is 6.75. The lowest BCUT2D eigenvalue weighted by Crippen LogP contribution is -2.32. The first-order chi connectivity index (χ1) is 13.2. The minimum absolute atomic E-state index is 0.178. The molecule has 0 aromatic heterocycles. The van der Waals surface area contributed by atoms with Gasteiger partial charge < -0.3 is 14.8 Å². The van der Waals surface area contributed by atoms with Gasteiger partial charge in [-0.2, -0.15) is 0 Å². The van der Waals surface area contributed by atoms with Gasteiger partial charge in [0, 0.05) is 5.56 Å². The maximum absolute atomic E-state index is 13.6. The fourth-order valence-electron chi connectivity index (χ4n) is 2.09. The molecule has 6 nitrogen and oxygen atoms in total. The van der Waals surface area contributed by atoms with E-state index in [4.69, 9.17) is 9.47 Å². The van der Waals surface area contributed by atoms with Crippen LogP contribution < -0.4 is 10.1 Å². The normalized spacial score (nSPS) is 11.5. The van der Waals surface area contributed by atoms with Crippen molar-refractivity contribution in [3.63, 3.8) is 0 Å². The van der Waals surface area contributed by atoms with Crippen LogP contribution in [0.4, 0.5) is 18.9 Å². The molecule has 0 aliphatic carbocycles. The first-order valence-electron chi connectivity index (χ1n) is 8.06. The van der Waals surface area contributed by atoms with E-state index in [-0.39, 0.29) is 11.5 Å². The van der Waals surface area contributed by atoms with Crippen LogP contribution in [0.25, 0.3) is 0 Å². The summed E-state index contributed by atoms with van der Waals surface area (Å²) < 4.78 is 49.7. The summed E-state index contributed by atoms with van der Waals surface area (Å²) in [5.74, 6) is -6.47. The van der Waals surface area contributed by atoms with Crippen LogP contribution >= 0.6 is 0 Å². The zero-order chi connectivity index (χ0) is 20.8. The molecule has 1 atom stereocenters. The Balaban J connectivity index is 1.89. The summed E-state index contributed by atoms with van der Waals surface area (Å²) in [4.78, 5) is 35.0. The van der Waals surface area contributed by atoms with Crippen molar-refractivity contribution in [2.24, 2.45) is 0 Å². The molecule has 0 fully saturated rings. The van der Waals surface area contributed by atoms with Crippen molar-refractivity contribution < 1.29 is 37.0 Å². The number of Topliss-reactive ketones (excluding diaryl/α,β-unsaturated/α-hetero) is 1. The van der Waals surface area contributed by atoms with Gasteiger partial charge in [0.1, 0.15) is 5.75 Å². The average molecular weight is 395 g/mol. The highest BCUT2D eigenvalue weighted by Crippen LogP contribution is 2.20. The SMILES string of the molecule is CC(=O)c1cccc(OCC(=O)O[C@H](C)C(=O)Nc2ccc(F)c(F)c2F)c1. The van der Waals surface area contributed by atoms with Crippen LogP contribution in [-0.2, 0) is 14.3 Å². The van der Waals surface area contributed by atoms with Crippen LogP contribution in [0.5, 0.6) is 5.75 Å². The van der Waals surface area contributed by atoms with Crippen molar-refractivity contribution in [1.82, 2.24) is 0 Å². The number of anilines is 1. The van der Waals surface area contributed by atoms with Crippen LogP contribution in [0.2, 0.25) is 0 Å². The second kappa shape index (κ2) is 9.03. The topological polar surface area (TPSA) is 81.7 Å².